The molecule has 0 saturated heterocycles. The molecule has 1 atom stereocenters. The topological polar surface area (TPSA) is 41.1 Å². The van der Waals surface area contributed by atoms with Crippen molar-refractivity contribution < 1.29 is 4.79 Å². The molecule has 0 saturated carbocycles. The summed E-state index contributed by atoms with van der Waals surface area (Å²) in [4.78, 5) is 11.4. The van der Waals surface area contributed by atoms with Crippen LogP contribution in [0.3, 0.4) is 0 Å². The average molecular weight is 234 g/mol. The lowest BCUT2D eigenvalue weighted by Crippen LogP contribution is -2.39. The van der Waals surface area contributed by atoms with E-state index in [1.165, 1.54) is 16.7 Å². The second-order valence-corrected chi connectivity index (χ2v) is 4.63. The van der Waals surface area contributed by atoms with Gasteiger partial charge in [0.05, 0.1) is 6.54 Å². The molecule has 0 aliphatic carbocycles. The molecule has 94 valence electrons. The zero-order valence-corrected chi connectivity index (χ0v) is 11.1. The Balaban J connectivity index is 2.55. The van der Waals surface area contributed by atoms with Crippen LogP contribution in [0.2, 0.25) is 0 Å². The first-order chi connectivity index (χ1) is 8.02. The van der Waals surface area contributed by atoms with Gasteiger partial charge in [0.1, 0.15) is 0 Å². The minimum absolute atomic E-state index is 0.0461. The van der Waals surface area contributed by atoms with E-state index in [-0.39, 0.29) is 11.9 Å². The van der Waals surface area contributed by atoms with Crippen LogP contribution in [0, 0.1) is 13.8 Å². The van der Waals surface area contributed by atoms with E-state index in [0.717, 1.165) is 6.42 Å². The lowest BCUT2D eigenvalue weighted by atomic mass is 10.00. The van der Waals surface area contributed by atoms with Gasteiger partial charge in [0, 0.05) is 6.04 Å². The van der Waals surface area contributed by atoms with E-state index in [9.17, 15) is 4.79 Å². The maximum atomic E-state index is 11.4. The summed E-state index contributed by atoms with van der Waals surface area (Å²) < 4.78 is 0. The zero-order valence-electron chi connectivity index (χ0n) is 11.1. The summed E-state index contributed by atoms with van der Waals surface area (Å²) in [5, 5.41) is 5.81. The van der Waals surface area contributed by atoms with Gasteiger partial charge in [-0.25, -0.2) is 0 Å². The molecule has 2 N–H and O–H groups in total. The SMILES string of the molecule is CNCC(=O)NC(C)Cc1ccc(C)cc1C. The van der Waals surface area contributed by atoms with Crippen molar-refractivity contribution in [2.24, 2.45) is 0 Å². The van der Waals surface area contributed by atoms with Crippen LogP contribution in [0.1, 0.15) is 23.6 Å². The molecular weight excluding hydrogens is 212 g/mol. The summed E-state index contributed by atoms with van der Waals surface area (Å²) in [6.07, 6.45) is 0.877. The van der Waals surface area contributed by atoms with E-state index in [4.69, 9.17) is 0 Å². The number of rotatable bonds is 5. The molecule has 0 spiro atoms. The normalized spacial score (nSPS) is 12.2. The van der Waals surface area contributed by atoms with E-state index in [1.807, 2.05) is 6.92 Å². The number of hydrogen-bond acceptors (Lipinski definition) is 2. The Bertz CT molecular complexity index is 388. The van der Waals surface area contributed by atoms with Crippen LogP contribution in [0.4, 0.5) is 0 Å². The third-order valence-electron chi connectivity index (χ3n) is 2.77. The monoisotopic (exact) mass is 234 g/mol. The van der Waals surface area contributed by atoms with E-state index in [0.29, 0.717) is 6.54 Å². The molecule has 1 rings (SSSR count). The first-order valence-electron chi connectivity index (χ1n) is 6.03. The highest BCUT2D eigenvalue weighted by Gasteiger charge is 2.08. The fourth-order valence-electron chi connectivity index (χ4n) is 1.94. The standard InChI is InChI=1S/C14H22N2O/c1-10-5-6-13(11(2)7-10)8-12(3)16-14(17)9-15-4/h5-7,12,15H,8-9H2,1-4H3,(H,16,17). The van der Waals surface area contributed by atoms with E-state index in [2.05, 4.69) is 42.7 Å². The predicted molar refractivity (Wildman–Crippen MR) is 71.2 cm³/mol. The van der Waals surface area contributed by atoms with Gasteiger partial charge in [-0.15, -0.1) is 0 Å². The molecule has 1 aromatic carbocycles. The Morgan fingerprint density at radius 1 is 1.35 bits per heavy atom. The Hall–Kier alpha value is -1.35. The Kier molecular flexibility index (Phi) is 5.16. The summed E-state index contributed by atoms with van der Waals surface area (Å²) in [6.45, 7) is 6.61. The molecule has 0 aliphatic heterocycles. The Labute approximate surface area is 104 Å². The lowest BCUT2D eigenvalue weighted by Gasteiger charge is -2.15. The fraction of sp³-hybridized carbons (Fsp3) is 0.500. The van der Waals surface area contributed by atoms with Crippen LogP contribution in [-0.2, 0) is 11.2 Å². The molecule has 0 bridgehead atoms. The van der Waals surface area contributed by atoms with Crippen LogP contribution in [0.15, 0.2) is 18.2 Å². The second kappa shape index (κ2) is 6.40. The molecule has 17 heavy (non-hydrogen) atoms. The maximum absolute atomic E-state index is 11.4. The van der Waals surface area contributed by atoms with Gasteiger partial charge < -0.3 is 10.6 Å². The van der Waals surface area contributed by atoms with Crippen molar-refractivity contribution >= 4 is 5.91 Å². The molecule has 0 fully saturated rings. The molecule has 0 radical (unpaired) electrons. The highest BCUT2D eigenvalue weighted by atomic mass is 16.1. The number of amides is 1. The molecule has 1 aromatic rings. The fourth-order valence-corrected chi connectivity index (χ4v) is 1.94. The lowest BCUT2D eigenvalue weighted by molar-refractivity contribution is -0.120. The molecule has 3 nitrogen and oxygen atoms in total. The van der Waals surface area contributed by atoms with Gasteiger partial charge in [0.15, 0.2) is 0 Å². The van der Waals surface area contributed by atoms with Crippen LogP contribution in [0.25, 0.3) is 0 Å². The number of benzene rings is 1. The Morgan fingerprint density at radius 3 is 2.65 bits per heavy atom. The van der Waals surface area contributed by atoms with E-state index < -0.39 is 0 Å². The molecule has 0 aromatic heterocycles. The van der Waals surface area contributed by atoms with Crippen LogP contribution < -0.4 is 10.6 Å². The number of hydrogen-bond donors (Lipinski definition) is 2. The number of aryl methyl sites for hydroxylation is 2. The summed E-state index contributed by atoms with van der Waals surface area (Å²) in [6, 6.07) is 6.60. The summed E-state index contributed by atoms with van der Waals surface area (Å²) in [5.74, 6) is 0.0461. The average Bonchev–Trinajstić information content (AvgIpc) is 2.22. The first kappa shape index (κ1) is 13.7. The van der Waals surface area contributed by atoms with Gasteiger partial charge >= 0.3 is 0 Å². The smallest absolute Gasteiger partial charge is 0.234 e. The van der Waals surface area contributed by atoms with Crippen molar-refractivity contribution in [1.82, 2.24) is 10.6 Å². The van der Waals surface area contributed by atoms with Gasteiger partial charge in [0.2, 0.25) is 5.91 Å². The number of carbonyl (C=O) groups is 1. The molecule has 3 heteroatoms. The number of likely N-dealkylation sites (N-methyl/N-ethyl adjacent to an activating group) is 1. The minimum atomic E-state index is 0.0461. The summed E-state index contributed by atoms with van der Waals surface area (Å²) in [5.41, 5.74) is 3.87. The van der Waals surface area contributed by atoms with Crippen LogP contribution >= 0.6 is 0 Å². The molecule has 1 amide bonds. The highest BCUT2D eigenvalue weighted by Crippen LogP contribution is 2.12. The number of nitrogens with one attached hydrogen (secondary N) is 2. The van der Waals surface area contributed by atoms with Crippen molar-refractivity contribution in [2.45, 2.75) is 33.2 Å². The molecular formula is C14H22N2O. The zero-order chi connectivity index (χ0) is 12.8. The predicted octanol–water partition coefficient (Wildman–Crippen LogP) is 1.57. The van der Waals surface area contributed by atoms with Gasteiger partial charge in [-0.1, -0.05) is 23.8 Å². The molecule has 0 heterocycles. The summed E-state index contributed by atoms with van der Waals surface area (Å²) in [7, 11) is 1.77. The van der Waals surface area contributed by atoms with Crippen molar-refractivity contribution in [3.8, 4) is 0 Å². The van der Waals surface area contributed by atoms with Gasteiger partial charge in [0.25, 0.3) is 0 Å². The van der Waals surface area contributed by atoms with Crippen molar-refractivity contribution in [3.63, 3.8) is 0 Å². The quantitative estimate of drug-likeness (QED) is 0.812. The first-order valence-corrected chi connectivity index (χ1v) is 6.03. The highest BCUT2D eigenvalue weighted by molar-refractivity contribution is 5.78. The third-order valence-corrected chi connectivity index (χ3v) is 2.77. The van der Waals surface area contributed by atoms with Gasteiger partial charge in [-0.05, 0) is 45.4 Å². The maximum Gasteiger partial charge on any atom is 0.234 e. The molecule has 0 aliphatic rings. The van der Waals surface area contributed by atoms with Crippen molar-refractivity contribution in [2.75, 3.05) is 13.6 Å². The largest absolute Gasteiger partial charge is 0.352 e. The van der Waals surface area contributed by atoms with E-state index in [1.54, 1.807) is 7.05 Å². The van der Waals surface area contributed by atoms with Crippen molar-refractivity contribution in [1.29, 1.82) is 0 Å². The van der Waals surface area contributed by atoms with E-state index >= 15 is 0 Å². The Morgan fingerprint density at radius 2 is 2.06 bits per heavy atom. The number of carbonyl (C=O) groups excluding carboxylic acids is 1. The van der Waals surface area contributed by atoms with Gasteiger partial charge in [-0.2, -0.15) is 0 Å². The summed E-state index contributed by atoms with van der Waals surface area (Å²) >= 11 is 0. The third kappa shape index (κ3) is 4.57. The van der Waals surface area contributed by atoms with Crippen LogP contribution in [0.5, 0.6) is 0 Å². The molecule has 1 unspecified atom stereocenters. The minimum Gasteiger partial charge on any atom is -0.352 e. The van der Waals surface area contributed by atoms with Crippen molar-refractivity contribution in [3.05, 3.63) is 34.9 Å². The second-order valence-electron chi connectivity index (χ2n) is 4.63. The van der Waals surface area contributed by atoms with Crippen LogP contribution in [-0.4, -0.2) is 25.5 Å². The van der Waals surface area contributed by atoms with Gasteiger partial charge in [-0.3, -0.25) is 4.79 Å².